The van der Waals surface area contributed by atoms with Crippen LogP contribution in [0.5, 0.6) is 5.75 Å². The molecule has 0 saturated heterocycles. The number of ether oxygens (including phenoxy) is 1. The molecule has 0 radical (unpaired) electrons. The molecule has 234 valence electrons. The summed E-state index contributed by atoms with van der Waals surface area (Å²) in [6.07, 6.45) is 4.92. The van der Waals surface area contributed by atoms with Gasteiger partial charge in [0.2, 0.25) is 0 Å². The van der Waals surface area contributed by atoms with Gasteiger partial charge in [0.15, 0.2) is 23.2 Å². The van der Waals surface area contributed by atoms with E-state index in [0.29, 0.717) is 24.3 Å². The number of rotatable bonds is 8. The van der Waals surface area contributed by atoms with Gasteiger partial charge in [0, 0.05) is 18.2 Å². The number of benzene rings is 2. The first kappa shape index (κ1) is 31.4. The number of nitrogens with one attached hydrogen (secondary N) is 2. The average molecular weight is 607 g/mol. The summed E-state index contributed by atoms with van der Waals surface area (Å²) in [5, 5.41) is 17.5. The van der Waals surface area contributed by atoms with Gasteiger partial charge < -0.3 is 15.0 Å². The highest BCUT2D eigenvalue weighted by Crippen LogP contribution is 2.54. The third-order valence-electron chi connectivity index (χ3n) is 9.17. The molecule has 2 fully saturated rings. The van der Waals surface area contributed by atoms with Gasteiger partial charge in [-0.1, -0.05) is 32.9 Å². The number of nitrogens with zero attached hydrogens (tertiary/aromatic N) is 4. The third-order valence-corrected chi connectivity index (χ3v) is 9.17. The number of hydrogen-bond acceptors (Lipinski definition) is 6. The van der Waals surface area contributed by atoms with E-state index in [1.54, 1.807) is 12.1 Å². The Morgan fingerprint density at radius 3 is 2.27 bits per heavy atom. The van der Waals surface area contributed by atoms with E-state index in [9.17, 15) is 18.4 Å². The molecule has 1 atom stereocenters. The lowest BCUT2D eigenvalue weighted by Gasteiger charge is -2.47. The van der Waals surface area contributed by atoms with E-state index in [0.717, 1.165) is 43.4 Å². The molecule has 2 aromatic carbocycles. The van der Waals surface area contributed by atoms with Crippen LogP contribution in [0.2, 0.25) is 0 Å². The Morgan fingerprint density at radius 2 is 1.75 bits per heavy atom. The molecular formula is C33H40F2N6O3. The monoisotopic (exact) mass is 606 g/mol. The fourth-order valence-corrected chi connectivity index (χ4v) is 6.67. The van der Waals surface area contributed by atoms with Gasteiger partial charge in [-0.05, 0) is 85.6 Å². The predicted molar refractivity (Wildman–Crippen MR) is 163 cm³/mol. The maximum atomic E-state index is 14.8. The van der Waals surface area contributed by atoms with Crippen LogP contribution in [-0.2, 0) is 4.79 Å². The average Bonchev–Trinajstić information content (AvgIpc) is 3.78. The fraction of sp³-hybridized carbons (Fsp3) is 0.515. The molecule has 2 amide bonds. The lowest BCUT2D eigenvalue weighted by molar-refractivity contribution is -0.134. The topological polar surface area (TPSA) is 120 Å². The van der Waals surface area contributed by atoms with Crippen molar-refractivity contribution < 1.29 is 23.1 Å². The lowest BCUT2D eigenvalue weighted by atomic mass is 9.69. The predicted octanol–water partition coefficient (Wildman–Crippen LogP) is 6.48. The largest absolute Gasteiger partial charge is 0.491 e. The molecule has 1 aliphatic heterocycles. The highest BCUT2D eigenvalue weighted by Gasteiger charge is 2.55. The van der Waals surface area contributed by atoms with E-state index in [2.05, 4.69) is 36.3 Å². The van der Waals surface area contributed by atoms with Crippen LogP contribution in [0.15, 0.2) is 51.6 Å². The number of carbonyl (C=O) groups is 2. The van der Waals surface area contributed by atoms with E-state index in [4.69, 9.17) is 15.1 Å². The van der Waals surface area contributed by atoms with Crippen molar-refractivity contribution >= 4 is 23.4 Å². The third kappa shape index (κ3) is 6.14. The van der Waals surface area contributed by atoms with Gasteiger partial charge in [-0.25, -0.2) is 8.78 Å². The number of amidine groups is 1. The van der Waals surface area contributed by atoms with Gasteiger partial charge in [0.05, 0.1) is 19.7 Å². The minimum absolute atomic E-state index is 0.0460. The van der Waals surface area contributed by atoms with Crippen LogP contribution in [0.4, 0.5) is 8.78 Å². The molecule has 2 saturated carbocycles. The van der Waals surface area contributed by atoms with Crippen molar-refractivity contribution in [1.29, 1.82) is 5.41 Å². The molecule has 1 heterocycles. The van der Waals surface area contributed by atoms with Crippen molar-refractivity contribution in [2.24, 2.45) is 32.5 Å². The first-order valence-electron chi connectivity index (χ1n) is 15.1. The maximum absolute atomic E-state index is 14.8. The molecule has 44 heavy (non-hydrogen) atoms. The van der Waals surface area contributed by atoms with Crippen molar-refractivity contribution in [3.63, 3.8) is 0 Å². The van der Waals surface area contributed by atoms with Crippen LogP contribution in [-0.4, -0.2) is 54.6 Å². The molecule has 2 aliphatic carbocycles. The lowest BCUT2D eigenvalue weighted by Crippen LogP contribution is -2.52. The second-order valence-corrected chi connectivity index (χ2v) is 13.1. The number of azo groups is 1. The second-order valence-electron chi connectivity index (χ2n) is 13.1. The molecule has 11 heteroatoms. The Bertz CT molecular complexity index is 1480. The van der Waals surface area contributed by atoms with Crippen molar-refractivity contribution in [1.82, 2.24) is 10.2 Å². The summed E-state index contributed by atoms with van der Waals surface area (Å²) in [5.41, 5.74) is 0.727. The Hall–Kier alpha value is -4.02. The molecular weight excluding hydrogens is 566 g/mol. The SMILES string of the molecule is CN=NC(=N)CNC(=O)c1ccc([C@@H](C2CC2)N2C(=O)C(c3cc(F)c(OC)c(F)c3)=NC23CCC(C(C)(C)C)CC3)cc1. The van der Waals surface area contributed by atoms with Gasteiger partial charge in [-0.3, -0.25) is 20.0 Å². The minimum Gasteiger partial charge on any atom is -0.491 e. The number of carbonyl (C=O) groups excluding carboxylic acids is 2. The van der Waals surface area contributed by atoms with E-state index in [-0.39, 0.29) is 52.8 Å². The van der Waals surface area contributed by atoms with Crippen LogP contribution in [0.25, 0.3) is 0 Å². The van der Waals surface area contributed by atoms with Gasteiger partial charge in [0.25, 0.3) is 11.8 Å². The summed E-state index contributed by atoms with van der Waals surface area (Å²) in [6.45, 7) is 6.64. The maximum Gasteiger partial charge on any atom is 0.275 e. The standard InChI is InChI=1S/C33H40F2N6O3/c1-32(2,3)23-12-14-33(15-13-23)39-27(22-16-24(34)29(44-5)25(35)17-22)31(43)41(33)28(19-6-7-19)20-8-10-21(11-9-20)30(42)38-18-26(36)40-37-4/h8-11,16-17,19,23,28,36H,6-7,12-15,18H2,1-5H3,(H,38,42)/t23?,28-,33?/m1/s1. The van der Waals surface area contributed by atoms with Crippen LogP contribution in [0.3, 0.4) is 0 Å². The summed E-state index contributed by atoms with van der Waals surface area (Å²) in [5.74, 6) is -2.36. The van der Waals surface area contributed by atoms with Crippen LogP contribution < -0.4 is 10.1 Å². The molecule has 9 nitrogen and oxygen atoms in total. The Balaban J connectivity index is 1.49. The number of amides is 2. The minimum atomic E-state index is -0.887. The number of halogens is 2. The summed E-state index contributed by atoms with van der Waals surface area (Å²) in [6, 6.07) is 9.09. The van der Waals surface area contributed by atoms with Crippen molar-refractivity contribution in [2.45, 2.75) is 71.0 Å². The molecule has 1 spiro atoms. The summed E-state index contributed by atoms with van der Waals surface area (Å²) in [7, 11) is 2.65. The van der Waals surface area contributed by atoms with Crippen molar-refractivity contribution in [3.05, 3.63) is 64.7 Å². The number of aliphatic imine (C=N–C) groups is 1. The summed E-state index contributed by atoms with van der Waals surface area (Å²) < 4.78 is 34.5. The number of methoxy groups -OCH3 is 1. The molecule has 3 aliphatic rings. The van der Waals surface area contributed by atoms with Crippen LogP contribution in [0, 0.1) is 34.3 Å². The van der Waals surface area contributed by atoms with Gasteiger partial charge in [-0.2, -0.15) is 5.11 Å². The highest BCUT2D eigenvalue weighted by molar-refractivity contribution is 6.46. The van der Waals surface area contributed by atoms with Crippen LogP contribution in [0.1, 0.15) is 86.8 Å². The Morgan fingerprint density at radius 1 is 1.14 bits per heavy atom. The molecule has 0 aromatic heterocycles. The van der Waals surface area contributed by atoms with Crippen molar-refractivity contribution in [3.8, 4) is 5.75 Å². The van der Waals surface area contributed by atoms with Gasteiger partial charge in [0.1, 0.15) is 11.4 Å². The highest BCUT2D eigenvalue weighted by atomic mass is 19.1. The Kier molecular flexibility index (Phi) is 8.68. The first-order valence-corrected chi connectivity index (χ1v) is 15.1. The Labute approximate surface area is 256 Å². The smallest absolute Gasteiger partial charge is 0.275 e. The normalized spacial score (nSPS) is 22.8. The van der Waals surface area contributed by atoms with E-state index >= 15 is 0 Å². The fourth-order valence-electron chi connectivity index (χ4n) is 6.67. The van der Waals surface area contributed by atoms with E-state index < -0.39 is 23.0 Å². The quantitative estimate of drug-likeness (QED) is 0.203. The van der Waals surface area contributed by atoms with E-state index in [1.807, 2.05) is 17.0 Å². The van der Waals surface area contributed by atoms with Gasteiger partial charge >= 0.3 is 0 Å². The zero-order chi connectivity index (χ0) is 31.8. The molecule has 2 aromatic rings. The van der Waals surface area contributed by atoms with Crippen LogP contribution >= 0.6 is 0 Å². The zero-order valence-electron chi connectivity index (χ0n) is 25.9. The molecule has 0 bridgehead atoms. The zero-order valence-corrected chi connectivity index (χ0v) is 25.9. The summed E-state index contributed by atoms with van der Waals surface area (Å²) >= 11 is 0. The number of hydrogen-bond donors (Lipinski definition) is 2. The van der Waals surface area contributed by atoms with Crippen molar-refractivity contribution in [2.75, 3.05) is 20.7 Å². The molecule has 2 N–H and O–H groups in total. The molecule has 5 rings (SSSR count). The summed E-state index contributed by atoms with van der Waals surface area (Å²) in [4.78, 5) is 34.0. The second kappa shape index (κ2) is 12.2. The van der Waals surface area contributed by atoms with Gasteiger partial charge in [-0.15, -0.1) is 5.11 Å². The van der Waals surface area contributed by atoms with E-state index in [1.165, 1.54) is 14.2 Å². The molecule has 0 unspecified atom stereocenters. The first-order chi connectivity index (χ1) is 20.9.